The minimum absolute atomic E-state index is 0. The summed E-state index contributed by atoms with van der Waals surface area (Å²) in [4.78, 5) is 9.03. The summed E-state index contributed by atoms with van der Waals surface area (Å²) in [5.41, 5.74) is 3.27. The topological polar surface area (TPSA) is 63.5 Å². The maximum absolute atomic E-state index is 5.99. The van der Waals surface area contributed by atoms with Gasteiger partial charge in [-0.2, -0.15) is 0 Å². The highest BCUT2D eigenvalue weighted by Gasteiger charge is 2.22. The lowest BCUT2D eigenvalue weighted by molar-refractivity contribution is 0.296. The first-order valence-corrected chi connectivity index (χ1v) is 9.80. The molecule has 2 N–H and O–H groups in total. The van der Waals surface area contributed by atoms with Crippen LogP contribution in [0.25, 0.3) is 11.0 Å². The minimum Gasteiger partial charge on any atom is -0.493 e. The van der Waals surface area contributed by atoms with Crippen LogP contribution in [-0.4, -0.2) is 29.2 Å². The predicted molar refractivity (Wildman–Crippen MR) is 128 cm³/mol. The van der Waals surface area contributed by atoms with Gasteiger partial charge >= 0.3 is 0 Å². The van der Waals surface area contributed by atoms with E-state index < -0.39 is 0 Å². The molecule has 0 saturated heterocycles. The van der Waals surface area contributed by atoms with E-state index in [0.29, 0.717) is 13.1 Å². The Morgan fingerprint density at radius 2 is 1.83 bits per heavy atom. The Labute approximate surface area is 188 Å². The van der Waals surface area contributed by atoms with Crippen LogP contribution in [0.1, 0.15) is 24.2 Å². The van der Waals surface area contributed by atoms with Crippen LogP contribution in [0.2, 0.25) is 0 Å². The second-order valence-corrected chi connectivity index (χ2v) is 7.22. The molecule has 1 fully saturated rings. The number of ether oxygens (including phenoxy) is 1. The molecule has 154 valence electrons. The summed E-state index contributed by atoms with van der Waals surface area (Å²) in [5, 5.41) is 6.73. The molecular formula is C22H28IN5O. The highest BCUT2D eigenvalue weighted by atomic mass is 127. The Kier molecular flexibility index (Phi) is 7.35. The monoisotopic (exact) mass is 505 g/mol. The molecule has 1 aliphatic rings. The van der Waals surface area contributed by atoms with E-state index in [-0.39, 0.29) is 24.0 Å². The Morgan fingerprint density at radius 3 is 2.59 bits per heavy atom. The van der Waals surface area contributed by atoms with Gasteiger partial charge in [-0.1, -0.05) is 30.3 Å². The fourth-order valence-electron chi connectivity index (χ4n) is 3.20. The second kappa shape index (κ2) is 9.96. The first-order chi connectivity index (χ1) is 13.7. The van der Waals surface area contributed by atoms with Crippen molar-refractivity contribution in [1.82, 2.24) is 20.2 Å². The molecular weight excluding hydrogens is 477 g/mol. The molecule has 0 atom stereocenters. The van der Waals surface area contributed by atoms with Gasteiger partial charge < -0.3 is 19.9 Å². The van der Waals surface area contributed by atoms with Crippen LogP contribution >= 0.6 is 24.0 Å². The predicted octanol–water partition coefficient (Wildman–Crippen LogP) is 3.85. The van der Waals surface area contributed by atoms with E-state index in [1.54, 1.807) is 7.05 Å². The lowest BCUT2D eigenvalue weighted by Gasteiger charge is -2.15. The van der Waals surface area contributed by atoms with Crippen molar-refractivity contribution in [3.8, 4) is 5.75 Å². The molecule has 0 bridgehead atoms. The number of hydrogen-bond donors (Lipinski definition) is 2. The zero-order valence-electron chi connectivity index (χ0n) is 16.9. The van der Waals surface area contributed by atoms with Gasteiger partial charge in [0, 0.05) is 26.2 Å². The van der Waals surface area contributed by atoms with E-state index in [1.807, 2.05) is 43.4 Å². The SMILES string of the molecule is CN=C(NCc1ccccc1OCC1CC1)NCc1nc2ccccc2n1C.I. The minimum atomic E-state index is 0. The number of aliphatic imine (C=N–C) groups is 1. The van der Waals surface area contributed by atoms with E-state index in [9.17, 15) is 0 Å². The van der Waals surface area contributed by atoms with Gasteiger partial charge in [0.15, 0.2) is 5.96 Å². The number of fused-ring (bicyclic) bond motifs is 1. The number of aryl methyl sites for hydroxylation is 1. The standard InChI is InChI=1S/C22H27N5O.HI/c1-23-22(25-14-21-26-18-8-4-5-9-19(18)27(21)2)24-13-17-7-3-6-10-20(17)28-15-16-11-12-16;/h3-10,16H,11-15H2,1-2H3,(H2,23,24,25);1H. The van der Waals surface area contributed by atoms with Gasteiger partial charge in [-0.15, -0.1) is 24.0 Å². The van der Waals surface area contributed by atoms with Crippen molar-refractivity contribution < 1.29 is 4.74 Å². The quantitative estimate of drug-likeness (QED) is 0.291. The van der Waals surface area contributed by atoms with Crippen LogP contribution in [0.5, 0.6) is 5.75 Å². The smallest absolute Gasteiger partial charge is 0.191 e. The third kappa shape index (κ3) is 5.41. The fraction of sp³-hybridized carbons (Fsp3) is 0.364. The van der Waals surface area contributed by atoms with Gasteiger partial charge in [0.25, 0.3) is 0 Å². The summed E-state index contributed by atoms with van der Waals surface area (Å²) in [7, 11) is 3.82. The molecule has 3 aromatic rings. The van der Waals surface area contributed by atoms with E-state index in [1.165, 1.54) is 12.8 Å². The Hall–Kier alpha value is -2.29. The molecule has 4 rings (SSSR count). The van der Waals surface area contributed by atoms with Gasteiger partial charge in [-0.05, 0) is 37.0 Å². The average molecular weight is 505 g/mol. The lowest BCUT2D eigenvalue weighted by atomic mass is 10.2. The number of rotatable bonds is 7. The molecule has 1 heterocycles. The third-order valence-electron chi connectivity index (χ3n) is 5.11. The van der Waals surface area contributed by atoms with E-state index >= 15 is 0 Å². The van der Waals surface area contributed by atoms with Gasteiger partial charge in [0.05, 0.1) is 24.2 Å². The van der Waals surface area contributed by atoms with E-state index in [0.717, 1.165) is 46.7 Å². The van der Waals surface area contributed by atoms with Crippen molar-refractivity contribution >= 4 is 41.0 Å². The number of imidazole rings is 1. The number of aromatic nitrogens is 2. The fourth-order valence-corrected chi connectivity index (χ4v) is 3.20. The number of para-hydroxylation sites is 3. The van der Waals surface area contributed by atoms with Crippen LogP contribution in [0, 0.1) is 5.92 Å². The summed E-state index contributed by atoms with van der Waals surface area (Å²) >= 11 is 0. The molecule has 0 amide bonds. The summed E-state index contributed by atoms with van der Waals surface area (Å²) in [5.74, 6) is 3.40. The van der Waals surface area contributed by atoms with Gasteiger partial charge in [-0.25, -0.2) is 4.98 Å². The molecule has 29 heavy (non-hydrogen) atoms. The normalized spacial score (nSPS) is 13.8. The summed E-state index contributed by atoms with van der Waals surface area (Å²) < 4.78 is 8.10. The van der Waals surface area contributed by atoms with Gasteiger partial charge in [-0.3, -0.25) is 4.99 Å². The summed E-state index contributed by atoms with van der Waals surface area (Å²) in [6.07, 6.45) is 2.58. The second-order valence-electron chi connectivity index (χ2n) is 7.22. The van der Waals surface area contributed by atoms with Crippen LogP contribution < -0.4 is 15.4 Å². The van der Waals surface area contributed by atoms with Crippen LogP contribution in [0.3, 0.4) is 0 Å². The number of nitrogens with one attached hydrogen (secondary N) is 2. The zero-order chi connectivity index (χ0) is 19.3. The molecule has 0 unspecified atom stereocenters. The Morgan fingerprint density at radius 1 is 1.10 bits per heavy atom. The number of hydrogen-bond acceptors (Lipinski definition) is 3. The van der Waals surface area contributed by atoms with Crippen molar-refractivity contribution in [3.05, 3.63) is 59.9 Å². The number of guanidine groups is 1. The third-order valence-corrected chi connectivity index (χ3v) is 5.11. The van der Waals surface area contributed by atoms with Crippen LogP contribution in [0.4, 0.5) is 0 Å². The molecule has 2 aromatic carbocycles. The first-order valence-electron chi connectivity index (χ1n) is 9.80. The molecule has 0 spiro atoms. The zero-order valence-corrected chi connectivity index (χ0v) is 19.2. The highest BCUT2D eigenvalue weighted by molar-refractivity contribution is 14.0. The molecule has 1 aliphatic carbocycles. The molecule has 6 nitrogen and oxygen atoms in total. The molecule has 0 radical (unpaired) electrons. The van der Waals surface area contributed by atoms with Crippen molar-refractivity contribution in [2.24, 2.45) is 18.0 Å². The van der Waals surface area contributed by atoms with E-state index in [2.05, 4.69) is 32.3 Å². The molecule has 0 aliphatic heterocycles. The maximum Gasteiger partial charge on any atom is 0.191 e. The molecule has 1 saturated carbocycles. The Bertz CT molecular complexity index is 980. The van der Waals surface area contributed by atoms with Crippen molar-refractivity contribution in [2.75, 3.05) is 13.7 Å². The maximum atomic E-state index is 5.99. The van der Waals surface area contributed by atoms with Crippen molar-refractivity contribution in [2.45, 2.75) is 25.9 Å². The lowest BCUT2D eigenvalue weighted by Crippen LogP contribution is -2.37. The Balaban J connectivity index is 0.00000240. The molecule has 7 heteroatoms. The molecule has 1 aromatic heterocycles. The number of halogens is 1. The first kappa shape index (κ1) is 21.4. The number of benzene rings is 2. The highest BCUT2D eigenvalue weighted by Crippen LogP contribution is 2.30. The largest absolute Gasteiger partial charge is 0.493 e. The number of nitrogens with zero attached hydrogens (tertiary/aromatic N) is 3. The van der Waals surface area contributed by atoms with Crippen molar-refractivity contribution in [3.63, 3.8) is 0 Å². The van der Waals surface area contributed by atoms with Gasteiger partial charge in [0.2, 0.25) is 0 Å². The van der Waals surface area contributed by atoms with Crippen LogP contribution in [-0.2, 0) is 20.1 Å². The van der Waals surface area contributed by atoms with Crippen molar-refractivity contribution in [1.29, 1.82) is 0 Å². The average Bonchev–Trinajstić information content (AvgIpc) is 3.51. The summed E-state index contributed by atoms with van der Waals surface area (Å²) in [6, 6.07) is 16.3. The summed E-state index contributed by atoms with van der Waals surface area (Å²) in [6.45, 7) is 2.07. The van der Waals surface area contributed by atoms with E-state index in [4.69, 9.17) is 9.72 Å². The van der Waals surface area contributed by atoms with Gasteiger partial charge in [0.1, 0.15) is 11.6 Å². The van der Waals surface area contributed by atoms with Crippen LogP contribution in [0.15, 0.2) is 53.5 Å².